The summed E-state index contributed by atoms with van der Waals surface area (Å²) in [4.78, 5) is 30.6. The number of aryl methyl sites for hydroxylation is 1. The van der Waals surface area contributed by atoms with Gasteiger partial charge in [0, 0.05) is 38.1 Å². The Bertz CT molecular complexity index is 1140. The molecule has 2 atom stereocenters. The van der Waals surface area contributed by atoms with Crippen LogP contribution < -0.4 is 11.0 Å². The third-order valence-corrected chi connectivity index (χ3v) is 7.86. The van der Waals surface area contributed by atoms with Crippen molar-refractivity contribution in [3.8, 4) is 0 Å². The summed E-state index contributed by atoms with van der Waals surface area (Å²) in [5.41, 5.74) is 3.71. The van der Waals surface area contributed by atoms with E-state index in [9.17, 15) is 18.0 Å². The van der Waals surface area contributed by atoms with Crippen molar-refractivity contribution in [2.24, 2.45) is 0 Å². The van der Waals surface area contributed by atoms with Crippen LogP contribution in [0.25, 0.3) is 12.2 Å². The van der Waals surface area contributed by atoms with Crippen molar-refractivity contribution >= 4 is 27.9 Å². The number of amides is 1. The average Bonchev–Trinajstić information content (AvgIpc) is 2.81. The van der Waals surface area contributed by atoms with Crippen molar-refractivity contribution in [1.82, 2.24) is 10.0 Å². The summed E-state index contributed by atoms with van der Waals surface area (Å²) in [6.07, 6.45) is 8.10. The highest BCUT2D eigenvalue weighted by atomic mass is 32.2. The van der Waals surface area contributed by atoms with E-state index in [4.69, 9.17) is 9.57 Å². The fraction of sp³-hybridized carbons (Fsp3) is 0.417. The normalized spacial score (nSPS) is 18.7. The standard InChI is InChI=1S/C24H30N2O6S/c1-24(33(2,29)30,23(28)25-32-22-10-6-7-17-31-22)14-16-26-15-13-20(18-21(26)27)12-11-19-8-4-3-5-9-19/h3-5,8-9,11-13,15,18,22H,6-7,10,14,16-17H2,1-2H3,(H,25,28)/t22?,24-/m1/s1. The van der Waals surface area contributed by atoms with Crippen LogP contribution in [0.2, 0.25) is 0 Å². The molecule has 9 heteroatoms. The van der Waals surface area contributed by atoms with Crippen LogP contribution in [0.15, 0.2) is 53.5 Å². The number of carbonyl (C=O) groups is 1. The molecule has 0 bridgehead atoms. The van der Waals surface area contributed by atoms with Gasteiger partial charge in [-0.05, 0) is 43.4 Å². The Morgan fingerprint density at radius 3 is 2.58 bits per heavy atom. The molecule has 1 saturated heterocycles. The van der Waals surface area contributed by atoms with Gasteiger partial charge in [-0.1, -0.05) is 42.5 Å². The first-order valence-electron chi connectivity index (χ1n) is 10.9. The maximum absolute atomic E-state index is 12.8. The number of benzene rings is 1. The summed E-state index contributed by atoms with van der Waals surface area (Å²) in [5, 5.41) is 0. The number of hydrogen-bond donors (Lipinski definition) is 1. The van der Waals surface area contributed by atoms with Crippen LogP contribution in [0, 0.1) is 0 Å². The van der Waals surface area contributed by atoms with Crippen molar-refractivity contribution in [2.75, 3.05) is 12.9 Å². The van der Waals surface area contributed by atoms with E-state index in [1.165, 1.54) is 17.6 Å². The number of carbonyl (C=O) groups excluding carboxylic acids is 1. The second kappa shape index (κ2) is 10.9. The van der Waals surface area contributed by atoms with Gasteiger partial charge in [-0.15, -0.1) is 0 Å². The molecule has 3 rings (SSSR count). The van der Waals surface area contributed by atoms with E-state index in [0.717, 1.165) is 30.2 Å². The lowest BCUT2D eigenvalue weighted by atomic mass is 10.1. The first-order chi connectivity index (χ1) is 15.7. The zero-order chi connectivity index (χ0) is 23.9. The maximum Gasteiger partial charge on any atom is 0.264 e. The summed E-state index contributed by atoms with van der Waals surface area (Å²) in [6, 6.07) is 12.9. The Kier molecular flexibility index (Phi) is 8.23. The molecule has 33 heavy (non-hydrogen) atoms. The zero-order valence-electron chi connectivity index (χ0n) is 18.9. The largest absolute Gasteiger partial charge is 0.350 e. The monoisotopic (exact) mass is 474 g/mol. The highest BCUT2D eigenvalue weighted by Gasteiger charge is 2.44. The zero-order valence-corrected chi connectivity index (χ0v) is 19.7. The summed E-state index contributed by atoms with van der Waals surface area (Å²) < 4.78 is 30.0. The van der Waals surface area contributed by atoms with Crippen LogP contribution in [0.3, 0.4) is 0 Å². The quantitative estimate of drug-likeness (QED) is 0.561. The van der Waals surface area contributed by atoms with E-state index in [1.807, 2.05) is 42.5 Å². The first-order valence-corrected chi connectivity index (χ1v) is 12.8. The third-order valence-electron chi connectivity index (χ3n) is 5.84. The fourth-order valence-electron chi connectivity index (χ4n) is 3.40. The van der Waals surface area contributed by atoms with Gasteiger partial charge in [0.2, 0.25) is 0 Å². The summed E-state index contributed by atoms with van der Waals surface area (Å²) >= 11 is 0. The molecule has 1 aromatic carbocycles. The van der Waals surface area contributed by atoms with E-state index in [2.05, 4.69) is 5.48 Å². The number of pyridine rings is 1. The molecule has 0 saturated carbocycles. The Hall–Kier alpha value is -2.75. The van der Waals surface area contributed by atoms with Crippen LogP contribution in [0.4, 0.5) is 0 Å². The molecule has 2 heterocycles. The molecule has 178 valence electrons. The topological polar surface area (TPSA) is 104 Å². The summed E-state index contributed by atoms with van der Waals surface area (Å²) in [6.45, 7) is 1.92. The molecule has 1 aromatic heterocycles. The van der Waals surface area contributed by atoms with Crippen LogP contribution in [0.1, 0.15) is 43.7 Å². The predicted molar refractivity (Wildman–Crippen MR) is 127 cm³/mol. The molecule has 1 aliphatic rings. The minimum atomic E-state index is -3.81. The highest BCUT2D eigenvalue weighted by Crippen LogP contribution is 2.23. The number of nitrogens with one attached hydrogen (secondary N) is 1. The molecule has 0 spiro atoms. The Balaban J connectivity index is 1.67. The lowest BCUT2D eigenvalue weighted by Crippen LogP contribution is -2.51. The number of hydroxylamine groups is 1. The fourth-order valence-corrected chi connectivity index (χ4v) is 4.24. The molecule has 1 fully saturated rings. The first kappa shape index (κ1) is 24.9. The minimum absolute atomic E-state index is 0.0540. The SMILES string of the molecule is C[C@@](CCn1ccc(C=Cc2ccccc2)cc1=O)(C(=O)NOC1CCCCO1)S(C)(=O)=O. The van der Waals surface area contributed by atoms with E-state index >= 15 is 0 Å². The van der Waals surface area contributed by atoms with Gasteiger partial charge in [-0.2, -0.15) is 0 Å². The summed E-state index contributed by atoms with van der Waals surface area (Å²) in [7, 11) is -3.81. The van der Waals surface area contributed by atoms with Gasteiger partial charge in [0.25, 0.3) is 11.5 Å². The second-order valence-electron chi connectivity index (χ2n) is 8.33. The van der Waals surface area contributed by atoms with Crippen LogP contribution in [-0.2, 0) is 30.8 Å². The molecule has 1 unspecified atom stereocenters. The molecule has 1 N–H and O–H groups in total. The van der Waals surface area contributed by atoms with Crippen molar-refractivity contribution in [1.29, 1.82) is 0 Å². The number of hydrogen-bond acceptors (Lipinski definition) is 6. The number of rotatable bonds is 9. The van der Waals surface area contributed by atoms with Crippen LogP contribution in [-0.4, -0.2) is 42.8 Å². The van der Waals surface area contributed by atoms with E-state index in [0.29, 0.717) is 13.0 Å². The number of aromatic nitrogens is 1. The average molecular weight is 475 g/mol. The third kappa shape index (κ3) is 6.63. The van der Waals surface area contributed by atoms with Crippen molar-refractivity contribution in [2.45, 2.75) is 50.2 Å². The van der Waals surface area contributed by atoms with Crippen molar-refractivity contribution in [3.63, 3.8) is 0 Å². The molecular weight excluding hydrogens is 444 g/mol. The number of ether oxygens (including phenoxy) is 1. The molecule has 8 nitrogen and oxygen atoms in total. The second-order valence-corrected chi connectivity index (χ2v) is 10.8. The highest BCUT2D eigenvalue weighted by molar-refractivity contribution is 7.92. The Labute approximate surface area is 194 Å². The Morgan fingerprint density at radius 2 is 1.94 bits per heavy atom. The molecule has 0 aliphatic carbocycles. The lowest BCUT2D eigenvalue weighted by molar-refractivity contribution is -0.201. The Morgan fingerprint density at radius 1 is 1.21 bits per heavy atom. The van der Waals surface area contributed by atoms with Gasteiger partial charge in [0.05, 0.1) is 0 Å². The van der Waals surface area contributed by atoms with E-state index < -0.39 is 26.8 Å². The smallest absolute Gasteiger partial charge is 0.264 e. The predicted octanol–water partition coefficient (Wildman–Crippen LogP) is 2.79. The van der Waals surface area contributed by atoms with Crippen molar-refractivity contribution in [3.05, 3.63) is 70.1 Å². The van der Waals surface area contributed by atoms with Gasteiger partial charge >= 0.3 is 0 Å². The molecule has 0 radical (unpaired) electrons. The van der Waals surface area contributed by atoms with Gasteiger partial charge < -0.3 is 9.30 Å². The van der Waals surface area contributed by atoms with Crippen molar-refractivity contribution < 1.29 is 22.8 Å². The molecular formula is C24H30N2O6S. The van der Waals surface area contributed by atoms with Gasteiger partial charge in [-0.3, -0.25) is 9.59 Å². The van der Waals surface area contributed by atoms with Crippen LogP contribution in [0.5, 0.6) is 0 Å². The lowest BCUT2D eigenvalue weighted by Gasteiger charge is -2.28. The van der Waals surface area contributed by atoms with Gasteiger partial charge in [0.1, 0.15) is 0 Å². The minimum Gasteiger partial charge on any atom is -0.350 e. The summed E-state index contributed by atoms with van der Waals surface area (Å²) in [5.74, 6) is -0.783. The number of nitrogens with zero attached hydrogens (tertiary/aromatic N) is 1. The molecule has 1 amide bonds. The van der Waals surface area contributed by atoms with E-state index in [1.54, 1.807) is 12.3 Å². The molecule has 2 aromatic rings. The maximum atomic E-state index is 12.8. The van der Waals surface area contributed by atoms with Gasteiger partial charge in [0.15, 0.2) is 20.9 Å². The van der Waals surface area contributed by atoms with Gasteiger partial charge in [-0.25, -0.2) is 18.7 Å². The number of sulfone groups is 1. The molecule has 1 aliphatic heterocycles. The van der Waals surface area contributed by atoms with Crippen LogP contribution >= 0.6 is 0 Å². The van der Waals surface area contributed by atoms with E-state index in [-0.39, 0.29) is 18.5 Å².